The van der Waals surface area contributed by atoms with Crippen molar-refractivity contribution < 1.29 is 0 Å². The van der Waals surface area contributed by atoms with Crippen LogP contribution in [-0.2, 0) is 0 Å². The van der Waals surface area contributed by atoms with Gasteiger partial charge in [-0.15, -0.1) is 0 Å². The molecule has 0 aromatic rings. The lowest BCUT2D eigenvalue weighted by Crippen LogP contribution is -2.37. The summed E-state index contributed by atoms with van der Waals surface area (Å²) in [5.74, 6) is 2.23. The first-order chi connectivity index (χ1) is 7.27. The van der Waals surface area contributed by atoms with E-state index in [4.69, 9.17) is 0 Å². The zero-order valence-electron chi connectivity index (χ0n) is 10.2. The zero-order chi connectivity index (χ0) is 10.3. The highest BCUT2D eigenvalue weighted by atomic mass is 15.1. The molecule has 1 saturated heterocycles. The molecule has 86 valence electrons. The van der Waals surface area contributed by atoms with Crippen molar-refractivity contribution in [3.63, 3.8) is 0 Å². The van der Waals surface area contributed by atoms with Gasteiger partial charge in [0, 0.05) is 6.54 Å². The lowest BCUT2D eigenvalue weighted by Gasteiger charge is -2.45. The Morgan fingerprint density at radius 2 is 1.80 bits per heavy atom. The highest BCUT2D eigenvalue weighted by Crippen LogP contribution is 2.51. The summed E-state index contributed by atoms with van der Waals surface area (Å²) in [6, 6.07) is 0. The molecule has 0 unspecified atom stereocenters. The van der Waals surface area contributed by atoms with Gasteiger partial charge in [-0.3, -0.25) is 0 Å². The average molecular weight is 207 g/mol. The zero-order valence-corrected chi connectivity index (χ0v) is 10.2. The third-order valence-corrected chi connectivity index (χ3v) is 5.44. The Kier molecular flexibility index (Phi) is 2.54. The molecule has 3 rings (SSSR count). The van der Waals surface area contributed by atoms with Crippen molar-refractivity contribution in [3.05, 3.63) is 0 Å². The van der Waals surface area contributed by atoms with Crippen LogP contribution in [0.5, 0.6) is 0 Å². The summed E-state index contributed by atoms with van der Waals surface area (Å²) in [5.41, 5.74) is 0.757. The van der Waals surface area contributed by atoms with Crippen LogP contribution in [0.15, 0.2) is 0 Å². The smallest absolute Gasteiger partial charge is 0.00355 e. The van der Waals surface area contributed by atoms with Gasteiger partial charge in [-0.25, -0.2) is 0 Å². The fraction of sp³-hybridized carbons (Fsp3) is 1.00. The molecule has 15 heavy (non-hydrogen) atoms. The van der Waals surface area contributed by atoms with Crippen LogP contribution in [0.3, 0.4) is 0 Å². The van der Waals surface area contributed by atoms with Gasteiger partial charge in [0.05, 0.1) is 0 Å². The average Bonchev–Trinajstić information content (AvgIpc) is 2.60. The largest absolute Gasteiger partial charge is 0.306 e. The third-order valence-electron chi connectivity index (χ3n) is 5.44. The number of likely N-dealkylation sites (tertiary alicyclic amines) is 1. The van der Waals surface area contributed by atoms with Crippen LogP contribution in [0, 0.1) is 17.3 Å². The Labute approximate surface area is 94.2 Å². The van der Waals surface area contributed by atoms with Crippen molar-refractivity contribution in [3.8, 4) is 0 Å². The van der Waals surface area contributed by atoms with Gasteiger partial charge >= 0.3 is 0 Å². The molecular formula is C14H25N. The van der Waals surface area contributed by atoms with Gasteiger partial charge in [0.25, 0.3) is 0 Å². The summed E-state index contributed by atoms with van der Waals surface area (Å²) < 4.78 is 0. The Hall–Kier alpha value is -0.0400. The van der Waals surface area contributed by atoms with Crippen LogP contribution in [0.4, 0.5) is 0 Å². The maximum Gasteiger partial charge on any atom is 0.00355 e. The molecule has 1 aliphatic heterocycles. The second kappa shape index (κ2) is 3.76. The van der Waals surface area contributed by atoms with Crippen molar-refractivity contribution in [1.82, 2.24) is 4.90 Å². The fourth-order valence-electron chi connectivity index (χ4n) is 4.61. The number of nitrogens with zero attached hydrogens (tertiary/aromatic N) is 1. The van der Waals surface area contributed by atoms with Gasteiger partial charge in [-0.1, -0.05) is 25.7 Å². The van der Waals surface area contributed by atoms with Crippen LogP contribution in [0.2, 0.25) is 0 Å². The number of hydrogen-bond acceptors (Lipinski definition) is 1. The van der Waals surface area contributed by atoms with E-state index in [9.17, 15) is 0 Å². The van der Waals surface area contributed by atoms with Crippen LogP contribution in [0.25, 0.3) is 0 Å². The summed E-state index contributed by atoms with van der Waals surface area (Å²) in [7, 11) is 2.31. The molecule has 0 aromatic heterocycles. The standard InChI is InChI=1S/C14H25N/c1-15-9-8-14(11-15)7-6-12-4-2-3-5-13(12)10-14/h12-13H,2-11H2,1H3/t12-,13+,14-/m0/s1. The minimum Gasteiger partial charge on any atom is -0.306 e. The van der Waals surface area contributed by atoms with E-state index in [2.05, 4.69) is 11.9 Å². The van der Waals surface area contributed by atoms with Gasteiger partial charge in [0.1, 0.15) is 0 Å². The summed E-state index contributed by atoms with van der Waals surface area (Å²) in [6.07, 6.45) is 12.3. The van der Waals surface area contributed by atoms with Crippen molar-refractivity contribution in [2.45, 2.75) is 51.4 Å². The molecule has 2 saturated carbocycles. The predicted octanol–water partition coefficient (Wildman–Crippen LogP) is 3.30. The Balaban J connectivity index is 1.69. The van der Waals surface area contributed by atoms with Gasteiger partial charge in [0.15, 0.2) is 0 Å². The van der Waals surface area contributed by atoms with Gasteiger partial charge in [-0.05, 0) is 56.5 Å². The van der Waals surface area contributed by atoms with E-state index >= 15 is 0 Å². The Bertz CT molecular complexity index is 237. The summed E-state index contributed by atoms with van der Waals surface area (Å²) in [4.78, 5) is 2.56. The van der Waals surface area contributed by atoms with E-state index < -0.39 is 0 Å². The molecule has 0 amide bonds. The molecule has 0 bridgehead atoms. The topological polar surface area (TPSA) is 3.24 Å². The molecule has 1 nitrogen and oxygen atoms in total. The van der Waals surface area contributed by atoms with E-state index in [1.54, 1.807) is 32.1 Å². The number of hydrogen-bond donors (Lipinski definition) is 0. The normalized spacial score (nSPS) is 47.0. The minimum absolute atomic E-state index is 0.757. The van der Waals surface area contributed by atoms with Gasteiger partial charge in [0.2, 0.25) is 0 Å². The fourth-order valence-corrected chi connectivity index (χ4v) is 4.61. The van der Waals surface area contributed by atoms with E-state index in [1.807, 2.05) is 0 Å². The van der Waals surface area contributed by atoms with E-state index in [0.29, 0.717) is 0 Å². The first-order valence-corrected chi connectivity index (χ1v) is 6.96. The second-order valence-corrected chi connectivity index (χ2v) is 6.54. The second-order valence-electron chi connectivity index (χ2n) is 6.54. The monoisotopic (exact) mass is 207 g/mol. The molecule has 0 N–H and O–H groups in total. The molecule has 1 heterocycles. The van der Waals surface area contributed by atoms with E-state index in [1.165, 1.54) is 32.4 Å². The SMILES string of the molecule is CN1CC[C@]2(CC[C@@H]3CCCC[C@@H]3C2)C1. The highest BCUT2D eigenvalue weighted by Gasteiger charge is 2.44. The van der Waals surface area contributed by atoms with Crippen molar-refractivity contribution in [2.75, 3.05) is 20.1 Å². The van der Waals surface area contributed by atoms with Crippen LogP contribution >= 0.6 is 0 Å². The maximum atomic E-state index is 2.56. The molecule has 1 spiro atoms. The molecule has 3 atom stereocenters. The Morgan fingerprint density at radius 3 is 2.53 bits per heavy atom. The predicted molar refractivity (Wildman–Crippen MR) is 63.8 cm³/mol. The van der Waals surface area contributed by atoms with Crippen LogP contribution in [-0.4, -0.2) is 25.0 Å². The van der Waals surface area contributed by atoms with E-state index in [0.717, 1.165) is 17.3 Å². The molecule has 1 heteroatoms. The first kappa shape index (κ1) is 10.1. The maximum absolute atomic E-state index is 2.56. The van der Waals surface area contributed by atoms with Crippen molar-refractivity contribution in [1.29, 1.82) is 0 Å². The van der Waals surface area contributed by atoms with Gasteiger partial charge < -0.3 is 4.90 Å². The quantitative estimate of drug-likeness (QED) is 0.589. The summed E-state index contributed by atoms with van der Waals surface area (Å²) in [6.45, 7) is 2.76. The lowest BCUT2D eigenvalue weighted by molar-refractivity contribution is 0.0655. The molecule has 0 radical (unpaired) electrons. The van der Waals surface area contributed by atoms with Crippen molar-refractivity contribution >= 4 is 0 Å². The summed E-state index contributed by atoms with van der Waals surface area (Å²) >= 11 is 0. The van der Waals surface area contributed by atoms with Crippen molar-refractivity contribution in [2.24, 2.45) is 17.3 Å². The van der Waals surface area contributed by atoms with Crippen LogP contribution < -0.4 is 0 Å². The molecule has 3 fully saturated rings. The lowest BCUT2D eigenvalue weighted by atomic mass is 9.61. The van der Waals surface area contributed by atoms with Crippen LogP contribution in [0.1, 0.15) is 51.4 Å². The summed E-state index contributed by atoms with van der Waals surface area (Å²) in [5, 5.41) is 0. The number of rotatable bonds is 0. The molecular weight excluding hydrogens is 182 g/mol. The Morgan fingerprint density at radius 1 is 1.00 bits per heavy atom. The number of fused-ring (bicyclic) bond motifs is 1. The third kappa shape index (κ3) is 1.84. The molecule has 3 aliphatic rings. The minimum atomic E-state index is 0.757. The highest BCUT2D eigenvalue weighted by molar-refractivity contribution is 4.96. The molecule has 2 aliphatic carbocycles. The molecule has 0 aromatic carbocycles. The van der Waals surface area contributed by atoms with Gasteiger partial charge in [-0.2, -0.15) is 0 Å². The van der Waals surface area contributed by atoms with E-state index in [-0.39, 0.29) is 0 Å². The first-order valence-electron chi connectivity index (χ1n) is 6.96.